The van der Waals surface area contributed by atoms with Crippen LogP contribution < -0.4 is 20.1 Å². The molecule has 3 atom stereocenters. The zero-order valence-corrected chi connectivity index (χ0v) is 21.5. The largest absolute Gasteiger partial charge is 0.324 e. The van der Waals surface area contributed by atoms with E-state index in [1.807, 2.05) is 13.1 Å². The monoisotopic (exact) mass is 530 g/mol. The van der Waals surface area contributed by atoms with E-state index in [9.17, 15) is 18.0 Å². The Hall–Kier alpha value is -1.94. The van der Waals surface area contributed by atoms with E-state index in [0.717, 1.165) is 30.0 Å². The molecule has 1 aromatic carbocycles. The van der Waals surface area contributed by atoms with Crippen molar-refractivity contribution in [2.75, 3.05) is 18.4 Å². The molecule has 0 bridgehead atoms. The Morgan fingerprint density at radius 1 is 1.35 bits per heavy atom. The number of carbonyl (C=O) groups excluding carboxylic acids is 2. The van der Waals surface area contributed by atoms with E-state index in [4.69, 9.17) is 23.2 Å². The summed E-state index contributed by atoms with van der Waals surface area (Å²) in [5.41, 5.74) is 4.74. The van der Waals surface area contributed by atoms with E-state index in [-0.39, 0.29) is 18.0 Å². The van der Waals surface area contributed by atoms with Crippen LogP contribution in [0.15, 0.2) is 23.1 Å². The highest BCUT2D eigenvalue weighted by Crippen LogP contribution is 2.23. The van der Waals surface area contributed by atoms with Gasteiger partial charge in [-0.25, -0.2) is 18.6 Å². The Kier molecular flexibility index (Phi) is 9.14. The molecule has 1 fully saturated rings. The lowest BCUT2D eigenvalue weighted by Gasteiger charge is -2.36. The summed E-state index contributed by atoms with van der Waals surface area (Å²) in [4.78, 5) is 25.3. The molecular formula is C22H30Cl2N5O4S+. The van der Waals surface area contributed by atoms with E-state index in [1.165, 1.54) is 6.07 Å². The minimum absolute atomic E-state index is 0.107. The number of hydrogen-bond acceptors (Lipinski definition) is 5. The van der Waals surface area contributed by atoms with Crippen LogP contribution in [-0.2, 0) is 26.0 Å². The van der Waals surface area contributed by atoms with Crippen molar-refractivity contribution >= 4 is 62.7 Å². The average Bonchev–Trinajstić information content (AvgIpc) is 2.82. The molecule has 186 valence electrons. The second kappa shape index (κ2) is 11.7. The molecule has 2 heterocycles. The molecule has 0 saturated carbocycles. The molecule has 3 rings (SSSR count). The number of rotatable bonds is 9. The summed E-state index contributed by atoms with van der Waals surface area (Å²) in [6.45, 7) is 3.89. The number of hydrogen-bond donors (Lipinski definition) is 3. The topological polar surface area (TPSA) is 122 Å². The lowest BCUT2D eigenvalue weighted by atomic mass is 10.1. The molecular weight excluding hydrogens is 501 g/mol. The fourth-order valence-corrected chi connectivity index (χ4v) is 5.51. The van der Waals surface area contributed by atoms with Gasteiger partial charge in [-0.05, 0) is 37.5 Å². The molecule has 0 spiro atoms. The summed E-state index contributed by atoms with van der Waals surface area (Å²) in [6.07, 6.45) is 5.78. The first-order valence-corrected chi connectivity index (χ1v) is 13.6. The van der Waals surface area contributed by atoms with Crippen molar-refractivity contribution in [3.63, 3.8) is 0 Å². The number of amides is 2. The highest BCUT2D eigenvalue weighted by atomic mass is 35.5. The smallest absolute Gasteiger partial charge is 0.281 e. The van der Waals surface area contributed by atoms with Crippen molar-refractivity contribution in [3.05, 3.63) is 23.8 Å². The third-order valence-electron chi connectivity index (χ3n) is 5.80. The van der Waals surface area contributed by atoms with E-state index < -0.39 is 38.6 Å². The maximum Gasteiger partial charge on any atom is 0.281 e. The molecule has 34 heavy (non-hydrogen) atoms. The first-order chi connectivity index (χ1) is 16.1. The van der Waals surface area contributed by atoms with Crippen LogP contribution in [0.2, 0.25) is 0 Å². The highest BCUT2D eigenvalue weighted by molar-refractivity contribution is 7.89. The average molecular weight is 531 g/mol. The number of nitrogens with zero attached hydrogens (tertiary/aromatic N) is 2. The number of aryl methyl sites for hydroxylation is 1. The molecule has 1 saturated heterocycles. The first kappa shape index (κ1) is 26.7. The van der Waals surface area contributed by atoms with Gasteiger partial charge in [0, 0.05) is 31.6 Å². The molecule has 9 nitrogen and oxygen atoms in total. The number of benzene rings is 1. The normalized spacial score (nSPS) is 21.8. The van der Waals surface area contributed by atoms with Gasteiger partial charge >= 0.3 is 0 Å². The van der Waals surface area contributed by atoms with Crippen LogP contribution in [0.5, 0.6) is 0 Å². The van der Waals surface area contributed by atoms with Crippen molar-refractivity contribution in [1.29, 1.82) is 0 Å². The first-order valence-electron chi connectivity index (χ1n) is 11.3. The Balaban J connectivity index is 1.70. The fourth-order valence-electron chi connectivity index (χ4n) is 3.77. The maximum absolute atomic E-state index is 13.0. The molecule has 1 aromatic rings. The zero-order chi connectivity index (χ0) is 24.9. The third kappa shape index (κ3) is 6.38. The van der Waals surface area contributed by atoms with E-state index >= 15 is 0 Å². The number of nitrogens with one attached hydrogen (secondary N) is 3. The standard InChI is InChI=1S/C22H29Cl2N5O4S/c1-3-15-7-8-17(28-21(30)14(2)29-22(31)20(24)18(23)13-26-29)12-19(15)34(32,33)27-11-9-16-6-4-5-10-25-16/h7-8,10,12,14,18,20,26-27H,3-6,9,11,13H2,1-2H3/p+1/t14-,18?,20?/m1/s1. The van der Waals surface area contributed by atoms with Gasteiger partial charge in [-0.15, -0.1) is 27.9 Å². The zero-order valence-electron chi connectivity index (χ0n) is 19.2. The number of carbonyl (C=O) groups is 2. The van der Waals surface area contributed by atoms with Crippen LogP contribution in [-0.4, -0.2) is 67.1 Å². The molecule has 0 radical (unpaired) electrons. The van der Waals surface area contributed by atoms with Gasteiger partial charge in [0.2, 0.25) is 15.9 Å². The Morgan fingerprint density at radius 2 is 2.12 bits per heavy atom. The molecule has 12 heteroatoms. The lowest BCUT2D eigenvalue weighted by molar-refractivity contribution is -0.143. The second-order valence-electron chi connectivity index (χ2n) is 8.25. The summed E-state index contributed by atoms with van der Waals surface area (Å²) in [5, 5.41) is 2.32. The number of hydrazine groups is 1. The van der Waals surface area contributed by atoms with Crippen molar-refractivity contribution in [3.8, 4) is 0 Å². The van der Waals surface area contributed by atoms with Gasteiger partial charge in [-0.1, -0.05) is 13.0 Å². The van der Waals surface area contributed by atoms with Gasteiger partial charge < -0.3 is 5.32 Å². The molecule has 2 unspecified atom stereocenters. The van der Waals surface area contributed by atoms with Crippen molar-refractivity contribution in [2.24, 2.45) is 0 Å². The van der Waals surface area contributed by atoms with Crippen LogP contribution in [0, 0.1) is 0 Å². The van der Waals surface area contributed by atoms with Gasteiger partial charge in [0.05, 0.1) is 16.7 Å². The van der Waals surface area contributed by atoms with Crippen molar-refractivity contribution < 1.29 is 18.0 Å². The minimum atomic E-state index is -3.80. The van der Waals surface area contributed by atoms with Crippen LogP contribution in [0.4, 0.5) is 5.69 Å². The van der Waals surface area contributed by atoms with E-state index in [0.29, 0.717) is 24.1 Å². The van der Waals surface area contributed by atoms with Gasteiger partial charge in [0.15, 0.2) is 0 Å². The van der Waals surface area contributed by atoms with Crippen LogP contribution in [0.3, 0.4) is 0 Å². The van der Waals surface area contributed by atoms with Crippen LogP contribution in [0.25, 0.3) is 0 Å². The fraction of sp³-hybridized carbons (Fsp3) is 0.545. The van der Waals surface area contributed by atoms with Gasteiger partial charge in [-0.3, -0.25) is 14.6 Å². The summed E-state index contributed by atoms with van der Waals surface area (Å²) in [6, 6.07) is 3.85. The quantitative estimate of drug-likeness (QED) is 0.330. The lowest BCUT2D eigenvalue weighted by Crippen LogP contribution is -2.62. The summed E-state index contributed by atoms with van der Waals surface area (Å²) in [5.74, 6) is -0.991. The molecule has 2 aliphatic heterocycles. The molecule has 0 aromatic heterocycles. The minimum Gasteiger partial charge on any atom is -0.324 e. The number of anilines is 1. The van der Waals surface area contributed by atoms with Gasteiger partial charge in [0.25, 0.3) is 17.8 Å². The molecule has 2 amide bonds. The van der Waals surface area contributed by atoms with Crippen molar-refractivity contribution in [1.82, 2.24) is 19.8 Å². The van der Waals surface area contributed by atoms with Gasteiger partial charge in [-0.2, -0.15) is 0 Å². The Bertz CT molecular complexity index is 1100. The van der Waals surface area contributed by atoms with Crippen molar-refractivity contribution in [2.45, 2.75) is 67.6 Å². The van der Waals surface area contributed by atoms with Crippen LogP contribution >= 0.6 is 23.2 Å². The van der Waals surface area contributed by atoms with Gasteiger partial charge in [0.1, 0.15) is 11.4 Å². The number of halogens is 2. The predicted octanol–water partition coefficient (Wildman–Crippen LogP) is 1.57. The Morgan fingerprint density at radius 3 is 2.79 bits per heavy atom. The predicted molar refractivity (Wildman–Crippen MR) is 135 cm³/mol. The SMILES string of the molecule is CCc1ccc(NC(=O)[C@@H](C)N2NCC(Cl)C(Cl)C2=O)cc1S(=O)(=O)NCCC1=[N+]=CCCC1. The highest BCUT2D eigenvalue weighted by Gasteiger charge is 2.38. The Labute approximate surface area is 210 Å². The van der Waals surface area contributed by atoms with E-state index in [2.05, 4.69) is 20.1 Å². The molecule has 3 N–H and O–H groups in total. The van der Waals surface area contributed by atoms with E-state index in [1.54, 1.807) is 19.1 Å². The maximum atomic E-state index is 13.0. The number of alkyl halides is 2. The number of sulfonamides is 1. The summed E-state index contributed by atoms with van der Waals surface area (Å²) >= 11 is 12.0. The molecule has 2 aliphatic rings. The third-order valence-corrected chi connectivity index (χ3v) is 8.37. The summed E-state index contributed by atoms with van der Waals surface area (Å²) in [7, 11) is -3.80. The second-order valence-corrected chi connectivity index (χ2v) is 11.0. The molecule has 0 aliphatic carbocycles. The van der Waals surface area contributed by atoms with Crippen LogP contribution in [0.1, 0.15) is 45.1 Å². The summed E-state index contributed by atoms with van der Waals surface area (Å²) < 4.78 is 33.0.